The molecule has 1 aliphatic carbocycles. The van der Waals surface area contributed by atoms with Crippen LogP contribution >= 0.6 is 0 Å². The second-order valence-corrected chi connectivity index (χ2v) is 8.14. The van der Waals surface area contributed by atoms with Gasteiger partial charge in [0.05, 0.1) is 25.3 Å². The molecule has 1 aromatic heterocycles. The lowest BCUT2D eigenvalue weighted by Gasteiger charge is -2.23. The Bertz CT molecular complexity index is 1070. The molecule has 1 fully saturated rings. The van der Waals surface area contributed by atoms with Gasteiger partial charge >= 0.3 is 5.97 Å². The van der Waals surface area contributed by atoms with Crippen LogP contribution in [-0.4, -0.2) is 17.6 Å². The number of esters is 1. The minimum atomic E-state index is -0.330. The van der Waals surface area contributed by atoms with E-state index >= 15 is 0 Å². The van der Waals surface area contributed by atoms with Gasteiger partial charge in [0.2, 0.25) is 0 Å². The number of benzene rings is 1. The maximum atomic E-state index is 12.2. The summed E-state index contributed by atoms with van der Waals surface area (Å²) in [5, 5.41) is 10.9. The highest BCUT2D eigenvalue weighted by Gasteiger charge is 2.26. The summed E-state index contributed by atoms with van der Waals surface area (Å²) in [5.41, 5.74) is 5.00. The number of carbonyl (C=O) groups is 1. The van der Waals surface area contributed by atoms with Gasteiger partial charge in [-0.1, -0.05) is 55.7 Å². The molecule has 0 spiro atoms. The lowest BCUT2D eigenvalue weighted by Crippen LogP contribution is -2.10. The van der Waals surface area contributed by atoms with Crippen molar-refractivity contribution in [1.29, 1.82) is 5.26 Å². The molecule has 2 aliphatic rings. The fourth-order valence-electron chi connectivity index (χ4n) is 4.86. The summed E-state index contributed by atoms with van der Waals surface area (Å²) in [6, 6.07) is 8.27. The predicted octanol–water partition coefficient (Wildman–Crippen LogP) is 5.98. The molecule has 4 heteroatoms. The molecule has 0 saturated heterocycles. The summed E-state index contributed by atoms with van der Waals surface area (Å²) in [5.74, 6) is 0.202. The first-order chi connectivity index (χ1) is 14.7. The first-order valence-corrected chi connectivity index (χ1v) is 10.9. The van der Waals surface area contributed by atoms with Crippen LogP contribution in [0.2, 0.25) is 0 Å². The number of ether oxygens (including phenoxy) is 1. The van der Waals surface area contributed by atoms with E-state index in [-0.39, 0.29) is 5.97 Å². The van der Waals surface area contributed by atoms with Crippen LogP contribution in [0.15, 0.2) is 54.2 Å². The fraction of sp³-hybridized carbons (Fsp3) is 0.385. The number of aromatic nitrogens is 1. The summed E-state index contributed by atoms with van der Waals surface area (Å²) in [7, 11) is 1.41. The summed E-state index contributed by atoms with van der Waals surface area (Å²) in [4.78, 5) is 12.2. The number of nitriles is 1. The van der Waals surface area contributed by atoms with Crippen molar-refractivity contribution in [2.45, 2.75) is 57.4 Å². The van der Waals surface area contributed by atoms with Crippen LogP contribution in [0.1, 0.15) is 66.1 Å². The third-order valence-corrected chi connectivity index (χ3v) is 6.32. The largest absolute Gasteiger partial charge is 0.465 e. The highest BCUT2D eigenvalue weighted by molar-refractivity contribution is 5.96. The van der Waals surface area contributed by atoms with Gasteiger partial charge in [0.15, 0.2) is 0 Å². The van der Waals surface area contributed by atoms with Crippen LogP contribution in [-0.2, 0) is 17.7 Å². The van der Waals surface area contributed by atoms with Gasteiger partial charge in [-0.3, -0.25) is 0 Å². The van der Waals surface area contributed by atoms with Crippen LogP contribution < -0.4 is 0 Å². The van der Waals surface area contributed by atoms with E-state index in [1.165, 1.54) is 55.9 Å². The number of nitrogens with zero attached hydrogens (tertiary/aromatic N) is 2. The van der Waals surface area contributed by atoms with Crippen molar-refractivity contribution in [2.75, 3.05) is 7.11 Å². The van der Waals surface area contributed by atoms with Crippen molar-refractivity contribution >= 4 is 16.9 Å². The van der Waals surface area contributed by atoms with Crippen LogP contribution in [0.4, 0.5) is 0 Å². The second-order valence-electron chi connectivity index (χ2n) is 8.14. The average Bonchev–Trinajstić information content (AvgIpc) is 3.07. The molecule has 0 amide bonds. The number of hydrogen-bond donors (Lipinski definition) is 0. The summed E-state index contributed by atoms with van der Waals surface area (Å²) >= 11 is 0. The van der Waals surface area contributed by atoms with E-state index in [4.69, 9.17) is 4.74 Å². The average molecular weight is 401 g/mol. The maximum Gasteiger partial charge on any atom is 0.337 e. The van der Waals surface area contributed by atoms with Crippen LogP contribution in [0.5, 0.6) is 0 Å². The molecule has 0 radical (unpaired) electrons. The highest BCUT2D eigenvalue weighted by Crippen LogP contribution is 2.41. The molecule has 0 bridgehead atoms. The third kappa shape index (κ3) is 3.98. The lowest BCUT2D eigenvalue weighted by atomic mass is 9.82. The van der Waals surface area contributed by atoms with Gasteiger partial charge in [-0.25, -0.2) is 4.79 Å². The van der Waals surface area contributed by atoms with Crippen molar-refractivity contribution in [3.8, 4) is 6.07 Å². The lowest BCUT2D eigenvalue weighted by molar-refractivity contribution is 0.0601. The number of carbonyl (C=O) groups excluding carboxylic acids is 1. The molecule has 4 rings (SSSR count). The Hall–Kier alpha value is -3.06. The normalized spacial score (nSPS) is 21.5. The SMILES string of the molecule is COC(=O)c1ccc2c(C3CCCCC3)c3n(c2c1)C/C(C#N)=C\C/C=C\C=C/C3. The van der Waals surface area contributed by atoms with Crippen molar-refractivity contribution in [3.05, 3.63) is 71.0 Å². The van der Waals surface area contributed by atoms with Gasteiger partial charge in [-0.05, 0) is 42.9 Å². The minimum Gasteiger partial charge on any atom is -0.465 e. The molecular weight excluding hydrogens is 372 g/mol. The highest BCUT2D eigenvalue weighted by atomic mass is 16.5. The maximum absolute atomic E-state index is 12.2. The number of rotatable bonds is 2. The minimum absolute atomic E-state index is 0.330. The predicted molar refractivity (Wildman–Crippen MR) is 119 cm³/mol. The monoisotopic (exact) mass is 400 g/mol. The topological polar surface area (TPSA) is 55.0 Å². The molecule has 1 saturated carbocycles. The number of methoxy groups -OCH3 is 1. The van der Waals surface area contributed by atoms with E-state index in [2.05, 4.69) is 41.0 Å². The zero-order chi connectivity index (χ0) is 20.9. The van der Waals surface area contributed by atoms with Gasteiger partial charge in [0, 0.05) is 28.6 Å². The molecule has 4 nitrogen and oxygen atoms in total. The zero-order valence-corrected chi connectivity index (χ0v) is 17.6. The van der Waals surface area contributed by atoms with Gasteiger partial charge in [-0.15, -0.1) is 0 Å². The van der Waals surface area contributed by atoms with Crippen molar-refractivity contribution in [3.63, 3.8) is 0 Å². The Labute approximate surface area is 178 Å². The van der Waals surface area contributed by atoms with Crippen LogP contribution in [0.25, 0.3) is 10.9 Å². The molecule has 0 atom stereocenters. The standard InChI is InChI=1S/C26H28N2O2/c1-30-26(29)21-14-15-22-24(16-21)28-18-19(17-27)10-6-3-2-4-9-13-23(28)25(22)20-11-7-5-8-12-20/h2-4,9-10,14-16,20H,5-8,11-13,18H2,1H3/b3-2-,9-4-,19-10-. The van der Waals surface area contributed by atoms with Gasteiger partial charge in [0.25, 0.3) is 0 Å². The molecule has 2 heterocycles. The number of hydrogen-bond acceptors (Lipinski definition) is 3. The first-order valence-electron chi connectivity index (χ1n) is 10.9. The van der Waals surface area contributed by atoms with Gasteiger partial charge in [0.1, 0.15) is 0 Å². The van der Waals surface area contributed by atoms with E-state index in [0.717, 1.165) is 23.9 Å². The smallest absolute Gasteiger partial charge is 0.337 e. The van der Waals surface area contributed by atoms with E-state index in [1.54, 1.807) is 0 Å². The zero-order valence-electron chi connectivity index (χ0n) is 17.6. The molecule has 154 valence electrons. The summed E-state index contributed by atoms with van der Waals surface area (Å²) in [6.45, 7) is 0.529. The number of allylic oxidation sites excluding steroid dienone is 6. The van der Waals surface area contributed by atoms with Crippen LogP contribution in [0, 0.1) is 11.3 Å². The Kier molecular flexibility index (Phi) is 6.18. The molecule has 30 heavy (non-hydrogen) atoms. The quantitative estimate of drug-likeness (QED) is 0.582. The third-order valence-electron chi connectivity index (χ3n) is 6.32. The fourth-order valence-corrected chi connectivity index (χ4v) is 4.86. The van der Waals surface area contributed by atoms with Crippen molar-refractivity contribution < 1.29 is 9.53 Å². The summed E-state index contributed by atoms with van der Waals surface area (Å²) in [6.07, 6.45) is 18.2. The van der Waals surface area contributed by atoms with Gasteiger partial charge < -0.3 is 9.30 Å². The molecular formula is C26H28N2O2. The first kappa shape index (κ1) is 20.2. The Morgan fingerprint density at radius 1 is 1.17 bits per heavy atom. The Balaban J connectivity index is 1.96. The molecule has 2 aromatic rings. The van der Waals surface area contributed by atoms with Crippen LogP contribution in [0.3, 0.4) is 0 Å². The van der Waals surface area contributed by atoms with Gasteiger partial charge in [-0.2, -0.15) is 5.26 Å². The number of fused-ring (bicyclic) bond motifs is 3. The second kappa shape index (κ2) is 9.17. The van der Waals surface area contributed by atoms with Crippen molar-refractivity contribution in [1.82, 2.24) is 4.57 Å². The van der Waals surface area contributed by atoms with E-state index in [9.17, 15) is 10.1 Å². The molecule has 1 aliphatic heterocycles. The van der Waals surface area contributed by atoms with E-state index in [1.807, 2.05) is 18.2 Å². The Morgan fingerprint density at radius 3 is 2.73 bits per heavy atom. The molecule has 0 N–H and O–H groups in total. The molecule has 0 unspecified atom stereocenters. The van der Waals surface area contributed by atoms with Crippen molar-refractivity contribution in [2.24, 2.45) is 0 Å². The Morgan fingerprint density at radius 2 is 1.97 bits per heavy atom. The van der Waals surface area contributed by atoms with E-state index < -0.39 is 0 Å². The van der Waals surface area contributed by atoms with E-state index in [0.29, 0.717) is 18.0 Å². The molecule has 1 aromatic carbocycles. The summed E-state index contributed by atoms with van der Waals surface area (Å²) < 4.78 is 7.22.